The number of benzene rings is 1. The van der Waals surface area contributed by atoms with Gasteiger partial charge in [-0.2, -0.15) is 0 Å². The van der Waals surface area contributed by atoms with Crippen LogP contribution in [0.4, 0.5) is 0 Å². The molecule has 2 heterocycles. The first-order valence-electron chi connectivity index (χ1n) is 9.52. The molecule has 0 bridgehead atoms. The molecule has 0 spiro atoms. The second-order valence-corrected chi connectivity index (χ2v) is 7.00. The minimum Gasteiger partial charge on any atom is -0.495 e. The Balaban J connectivity index is 2.06. The number of rotatable bonds is 6. The van der Waals surface area contributed by atoms with Crippen molar-refractivity contribution in [2.45, 2.75) is 38.3 Å². The molecule has 3 aromatic rings. The summed E-state index contributed by atoms with van der Waals surface area (Å²) in [5, 5.41) is 0. The first-order valence-corrected chi connectivity index (χ1v) is 9.52. The van der Waals surface area contributed by atoms with Crippen molar-refractivity contribution in [1.29, 1.82) is 0 Å². The number of imidazole rings is 1. The van der Waals surface area contributed by atoms with E-state index in [4.69, 9.17) is 9.47 Å². The minimum absolute atomic E-state index is 0.176. The molecular weight excluding hydrogens is 360 g/mol. The van der Waals surface area contributed by atoms with E-state index in [0.29, 0.717) is 22.6 Å². The number of para-hydroxylation sites is 2. The number of hydrogen-bond donors (Lipinski definition) is 0. The highest BCUT2D eigenvalue weighted by Gasteiger charge is 2.25. The lowest BCUT2D eigenvalue weighted by Gasteiger charge is -2.16. The maximum absolute atomic E-state index is 13.3. The van der Waals surface area contributed by atoms with E-state index in [1.165, 1.54) is 9.13 Å². The van der Waals surface area contributed by atoms with E-state index in [2.05, 4.69) is 4.98 Å². The third kappa shape index (κ3) is 2.93. The van der Waals surface area contributed by atoms with Gasteiger partial charge >= 0.3 is 5.69 Å². The zero-order chi connectivity index (χ0) is 19.7. The Morgan fingerprint density at radius 2 is 1.89 bits per heavy atom. The molecule has 0 unspecified atom stereocenters. The summed E-state index contributed by atoms with van der Waals surface area (Å²) in [6.07, 6.45) is 5.98. The Hall–Kier alpha value is -2.87. The number of ether oxygens (including phenoxy) is 2. The fraction of sp³-hybridized carbons (Fsp3) is 0.450. The normalized spacial score (nSPS) is 14.8. The molecule has 1 aromatic carbocycles. The van der Waals surface area contributed by atoms with Gasteiger partial charge in [0, 0.05) is 13.2 Å². The molecular formula is C20H24N4O4. The fourth-order valence-electron chi connectivity index (χ4n) is 4.02. The molecule has 0 amide bonds. The molecule has 148 valence electrons. The van der Waals surface area contributed by atoms with Gasteiger partial charge in [0.05, 0.1) is 32.3 Å². The molecule has 0 N–H and O–H groups in total. The van der Waals surface area contributed by atoms with Crippen molar-refractivity contribution in [3.05, 3.63) is 51.4 Å². The lowest BCUT2D eigenvalue weighted by molar-refractivity contribution is 0.184. The fourth-order valence-corrected chi connectivity index (χ4v) is 4.02. The van der Waals surface area contributed by atoms with Crippen molar-refractivity contribution < 1.29 is 9.47 Å². The summed E-state index contributed by atoms with van der Waals surface area (Å²) in [4.78, 5) is 31.0. The Kier molecular flexibility index (Phi) is 5.04. The molecule has 1 saturated carbocycles. The van der Waals surface area contributed by atoms with E-state index in [-0.39, 0.29) is 24.8 Å². The second kappa shape index (κ2) is 7.63. The van der Waals surface area contributed by atoms with Gasteiger partial charge in [0.1, 0.15) is 5.75 Å². The average Bonchev–Trinajstić information content (AvgIpc) is 3.38. The lowest BCUT2D eigenvalue weighted by atomic mass is 10.2. The van der Waals surface area contributed by atoms with Crippen LogP contribution < -0.4 is 16.0 Å². The van der Waals surface area contributed by atoms with Gasteiger partial charge in [-0.1, -0.05) is 25.0 Å². The molecule has 1 fully saturated rings. The third-order valence-electron chi connectivity index (χ3n) is 5.42. The first-order chi connectivity index (χ1) is 13.7. The molecule has 0 atom stereocenters. The Labute approximate surface area is 161 Å². The molecule has 2 aromatic heterocycles. The SMILES string of the molecule is COCCn1c(=O)c2c(ncn2C2CCCC2)n(-c2ccccc2OC)c1=O. The second-order valence-electron chi connectivity index (χ2n) is 7.00. The van der Waals surface area contributed by atoms with E-state index in [1.807, 2.05) is 16.7 Å². The van der Waals surface area contributed by atoms with Crippen molar-refractivity contribution in [2.24, 2.45) is 0 Å². The average molecular weight is 384 g/mol. The maximum atomic E-state index is 13.3. The van der Waals surface area contributed by atoms with Crippen molar-refractivity contribution in [2.75, 3.05) is 20.8 Å². The monoisotopic (exact) mass is 384 g/mol. The lowest BCUT2D eigenvalue weighted by Crippen LogP contribution is -2.41. The highest BCUT2D eigenvalue weighted by Crippen LogP contribution is 2.31. The van der Waals surface area contributed by atoms with Crippen molar-refractivity contribution in [3.8, 4) is 11.4 Å². The van der Waals surface area contributed by atoms with Gasteiger partial charge in [0.15, 0.2) is 11.2 Å². The Bertz CT molecular complexity index is 1110. The third-order valence-corrected chi connectivity index (χ3v) is 5.42. The quantitative estimate of drug-likeness (QED) is 0.650. The molecule has 1 aliphatic rings. The molecule has 28 heavy (non-hydrogen) atoms. The summed E-state index contributed by atoms with van der Waals surface area (Å²) < 4.78 is 15.2. The van der Waals surface area contributed by atoms with Gasteiger partial charge < -0.3 is 14.0 Å². The molecule has 0 aliphatic heterocycles. The van der Waals surface area contributed by atoms with E-state index >= 15 is 0 Å². The summed E-state index contributed by atoms with van der Waals surface area (Å²) in [7, 11) is 3.10. The van der Waals surface area contributed by atoms with E-state index < -0.39 is 5.69 Å². The van der Waals surface area contributed by atoms with Crippen LogP contribution in [-0.2, 0) is 11.3 Å². The van der Waals surface area contributed by atoms with Gasteiger partial charge in [-0.15, -0.1) is 0 Å². The summed E-state index contributed by atoms with van der Waals surface area (Å²) >= 11 is 0. The number of aromatic nitrogens is 4. The van der Waals surface area contributed by atoms with Crippen molar-refractivity contribution >= 4 is 11.2 Å². The summed E-state index contributed by atoms with van der Waals surface area (Å²) in [6, 6.07) is 7.47. The standard InChI is InChI=1S/C20H24N4O4/c1-27-12-11-22-19(25)17-18(21-13-23(17)14-7-3-4-8-14)24(20(22)26)15-9-5-6-10-16(15)28-2/h5-6,9-10,13-14H,3-4,7-8,11-12H2,1-2H3. The Morgan fingerprint density at radius 1 is 1.14 bits per heavy atom. The molecule has 0 saturated heterocycles. The molecule has 0 radical (unpaired) electrons. The van der Waals surface area contributed by atoms with Crippen LogP contribution in [0.2, 0.25) is 0 Å². The molecule has 4 rings (SSSR count). The Morgan fingerprint density at radius 3 is 2.61 bits per heavy atom. The van der Waals surface area contributed by atoms with E-state index in [9.17, 15) is 9.59 Å². The molecule has 8 nitrogen and oxygen atoms in total. The number of fused-ring (bicyclic) bond motifs is 1. The van der Waals surface area contributed by atoms with Gasteiger partial charge in [0.2, 0.25) is 0 Å². The summed E-state index contributed by atoms with van der Waals surface area (Å²) in [5.41, 5.74) is 0.597. The van der Waals surface area contributed by atoms with Crippen LogP contribution in [-0.4, -0.2) is 39.5 Å². The summed E-state index contributed by atoms with van der Waals surface area (Å²) in [5.74, 6) is 0.540. The summed E-state index contributed by atoms with van der Waals surface area (Å²) in [6.45, 7) is 0.444. The number of nitrogens with zero attached hydrogens (tertiary/aromatic N) is 4. The van der Waals surface area contributed by atoms with Gasteiger partial charge in [0.25, 0.3) is 5.56 Å². The molecule has 8 heteroatoms. The van der Waals surface area contributed by atoms with Crippen molar-refractivity contribution in [1.82, 2.24) is 18.7 Å². The van der Waals surface area contributed by atoms with Crippen LogP contribution in [0.25, 0.3) is 16.9 Å². The zero-order valence-electron chi connectivity index (χ0n) is 16.1. The zero-order valence-corrected chi connectivity index (χ0v) is 16.1. The number of hydrogen-bond acceptors (Lipinski definition) is 5. The molecule has 1 aliphatic carbocycles. The van der Waals surface area contributed by atoms with Crippen LogP contribution in [0.5, 0.6) is 5.75 Å². The predicted octanol–water partition coefficient (Wildman–Crippen LogP) is 2.12. The van der Waals surface area contributed by atoms with Crippen LogP contribution in [0.1, 0.15) is 31.7 Å². The van der Waals surface area contributed by atoms with Crippen molar-refractivity contribution in [3.63, 3.8) is 0 Å². The minimum atomic E-state index is -0.448. The van der Waals surface area contributed by atoms with Crippen LogP contribution in [0.3, 0.4) is 0 Å². The highest BCUT2D eigenvalue weighted by atomic mass is 16.5. The number of methoxy groups -OCH3 is 2. The van der Waals surface area contributed by atoms with Crippen LogP contribution in [0.15, 0.2) is 40.2 Å². The van der Waals surface area contributed by atoms with Crippen LogP contribution in [0, 0.1) is 0 Å². The largest absolute Gasteiger partial charge is 0.495 e. The van der Waals surface area contributed by atoms with Gasteiger partial charge in [-0.05, 0) is 25.0 Å². The topological polar surface area (TPSA) is 80.3 Å². The van der Waals surface area contributed by atoms with E-state index in [0.717, 1.165) is 25.7 Å². The highest BCUT2D eigenvalue weighted by molar-refractivity contribution is 5.73. The first kappa shape index (κ1) is 18.5. The van der Waals surface area contributed by atoms with E-state index in [1.54, 1.807) is 32.7 Å². The predicted molar refractivity (Wildman–Crippen MR) is 106 cm³/mol. The van der Waals surface area contributed by atoms with Gasteiger partial charge in [-0.3, -0.25) is 9.36 Å². The van der Waals surface area contributed by atoms with Crippen LogP contribution >= 0.6 is 0 Å². The maximum Gasteiger partial charge on any atom is 0.337 e. The smallest absolute Gasteiger partial charge is 0.337 e. The van der Waals surface area contributed by atoms with Gasteiger partial charge in [-0.25, -0.2) is 14.3 Å².